The lowest BCUT2D eigenvalue weighted by Crippen LogP contribution is -2.31. The van der Waals surface area contributed by atoms with Gasteiger partial charge in [-0.3, -0.25) is 32.9 Å². The van der Waals surface area contributed by atoms with E-state index >= 15 is 0 Å². The molecule has 5 rings (SSSR count). The summed E-state index contributed by atoms with van der Waals surface area (Å²) >= 11 is 0. The average molecular weight is 1160 g/mol. The van der Waals surface area contributed by atoms with Gasteiger partial charge in [0.05, 0.1) is 47.4 Å². The molecular weight excluding hydrogens is 1090 g/mol. The van der Waals surface area contributed by atoms with Crippen LogP contribution in [-0.2, 0) is 84.6 Å². The highest BCUT2D eigenvalue weighted by Crippen LogP contribution is 2.48. The molecule has 0 spiro atoms. The summed E-state index contributed by atoms with van der Waals surface area (Å²) in [5.74, 6) is -2.32. The highest BCUT2D eigenvalue weighted by atomic mass is 32.2. The number of fused-ring (bicyclic) bond motifs is 2. The summed E-state index contributed by atoms with van der Waals surface area (Å²) in [4.78, 5) is 37.6. The number of rotatable bonds is 32. The lowest BCUT2D eigenvalue weighted by molar-refractivity contribution is -0.432. The Morgan fingerprint density at radius 1 is 0.701 bits per heavy atom. The van der Waals surface area contributed by atoms with Crippen molar-refractivity contribution in [2.24, 2.45) is 0 Å². The van der Waals surface area contributed by atoms with Crippen molar-refractivity contribution in [1.29, 1.82) is 0 Å². The van der Waals surface area contributed by atoms with E-state index in [0.717, 1.165) is 11.0 Å². The van der Waals surface area contributed by atoms with E-state index in [1.54, 1.807) is 73.6 Å². The third-order valence-electron chi connectivity index (χ3n) is 12.7. The van der Waals surface area contributed by atoms with E-state index in [2.05, 4.69) is 5.32 Å². The molecular formula is C50H66N4O19S4. The Labute approximate surface area is 450 Å². The van der Waals surface area contributed by atoms with Gasteiger partial charge in [0.1, 0.15) is 22.5 Å². The molecule has 0 unspecified atom stereocenters. The van der Waals surface area contributed by atoms with Crippen LogP contribution in [-0.4, -0.2) is 175 Å². The molecule has 0 aliphatic carbocycles. The van der Waals surface area contributed by atoms with Crippen molar-refractivity contribution in [3.05, 3.63) is 107 Å². The monoisotopic (exact) mass is 1150 g/mol. The molecule has 0 fully saturated rings. The van der Waals surface area contributed by atoms with Crippen LogP contribution in [0.4, 0.5) is 11.4 Å². The van der Waals surface area contributed by atoms with Gasteiger partial charge < -0.3 is 33.7 Å². The number of hydrogen-bond donors (Lipinski definition) is 4. The number of anilines is 1. The zero-order valence-electron chi connectivity index (χ0n) is 43.2. The molecule has 0 saturated heterocycles. The number of carbonyl (C=O) groups is 3. The van der Waals surface area contributed by atoms with Crippen LogP contribution in [0.2, 0.25) is 0 Å². The molecule has 0 atom stereocenters. The summed E-state index contributed by atoms with van der Waals surface area (Å²) < 4.78 is 161. The van der Waals surface area contributed by atoms with Gasteiger partial charge in [-0.1, -0.05) is 38.2 Å². The van der Waals surface area contributed by atoms with Crippen molar-refractivity contribution in [3.8, 4) is 0 Å². The fourth-order valence-electron chi connectivity index (χ4n) is 8.78. The second kappa shape index (κ2) is 27.0. The van der Waals surface area contributed by atoms with Crippen molar-refractivity contribution in [1.82, 2.24) is 10.2 Å². The zero-order chi connectivity index (χ0) is 56.8. The smallest absolute Gasteiger partial charge is 0.294 e. The normalized spacial score (nSPS) is 17.2. The lowest BCUT2D eigenvalue weighted by Gasteiger charge is -2.26. The minimum Gasteiger partial charge on any atom is -0.744 e. The number of imide groups is 1. The molecule has 23 nitrogen and oxygen atoms in total. The molecule has 2 aromatic carbocycles. The van der Waals surface area contributed by atoms with E-state index in [1.165, 1.54) is 42.5 Å². The van der Waals surface area contributed by atoms with E-state index in [0.29, 0.717) is 111 Å². The van der Waals surface area contributed by atoms with E-state index in [1.807, 2.05) is 0 Å². The highest BCUT2D eigenvalue weighted by Gasteiger charge is 2.45. The molecule has 0 saturated carbocycles. The molecule has 27 heteroatoms. The third-order valence-corrected chi connectivity index (χ3v) is 15.8. The van der Waals surface area contributed by atoms with Gasteiger partial charge in [0.2, 0.25) is 11.6 Å². The Morgan fingerprint density at radius 2 is 1.30 bits per heavy atom. The van der Waals surface area contributed by atoms with Gasteiger partial charge in [-0.05, 0) is 87.1 Å². The minimum atomic E-state index is -4.85. The van der Waals surface area contributed by atoms with Crippen molar-refractivity contribution < 1.29 is 89.8 Å². The first-order valence-electron chi connectivity index (χ1n) is 24.4. The van der Waals surface area contributed by atoms with Crippen molar-refractivity contribution in [2.45, 2.75) is 74.0 Å². The number of carbonyl (C=O) groups excluding carboxylic acids is 3. The van der Waals surface area contributed by atoms with Crippen LogP contribution in [0.25, 0.3) is 0 Å². The predicted octanol–water partition coefficient (Wildman–Crippen LogP) is 3.38. The number of amides is 3. The Hall–Kier alpha value is -5.30. The Kier molecular flexibility index (Phi) is 22.0. The highest BCUT2D eigenvalue weighted by molar-refractivity contribution is 7.86. The Morgan fingerprint density at radius 3 is 1.92 bits per heavy atom. The Balaban J connectivity index is 1.22. The molecule has 77 heavy (non-hydrogen) atoms. The molecule has 3 aliphatic heterocycles. The van der Waals surface area contributed by atoms with E-state index in [-0.39, 0.29) is 55.5 Å². The van der Waals surface area contributed by atoms with Gasteiger partial charge in [0.25, 0.3) is 42.2 Å². The van der Waals surface area contributed by atoms with Gasteiger partial charge in [0.15, 0.2) is 12.3 Å². The summed E-state index contributed by atoms with van der Waals surface area (Å²) in [6, 6.07) is 7.70. The number of hydrogen-bond acceptors (Lipinski definition) is 17. The van der Waals surface area contributed by atoms with Gasteiger partial charge in [-0.2, -0.15) is 29.8 Å². The summed E-state index contributed by atoms with van der Waals surface area (Å²) in [6.45, 7) is 9.34. The molecule has 0 radical (unpaired) electrons. The van der Waals surface area contributed by atoms with Gasteiger partial charge in [0, 0.05) is 86.1 Å². The molecule has 3 heterocycles. The van der Waals surface area contributed by atoms with E-state index in [9.17, 15) is 66.3 Å². The van der Waals surface area contributed by atoms with Crippen molar-refractivity contribution in [2.75, 3.05) is 95.4 Å². The first-order chi connectivity index (χ1) is 36.0. The molecule has 2 aromatic rings. The fourth-order valence-corrected chi connectivity index (χ4v) is 10.6. The van der Waals surface area contributed by atoms with E-state index < -0.39 is 67.7 Å². The van der Waals surface area contributed by atoms with Crippen LogP contribution in [0.5, 0.6) is 0 Å². The number of allylic oxidation sites excluding steroid dienone is 8. The average Bonchev–Trinajstić information content (AvgIpc) is 3.86. The third kappa shape index (κ3) is 18.4. The number of nitrogens with zero attached hydrogens (tertiary/aromatic N) is 3. The van der Waals surface area contributed by atoms with Gasteiger partial charge in [-0.15, -0.1) is 0 Å². The number of nitrogens with one attached hydrogen (secondary N) is 1. The maximum Gasteiger partial charge on any atom is 0.294 e. The fraction of sp³-hybridized carbons (Fsp3) is 0.480. The maximum absolute atomic E-state index is 12.6. The van der Waals surface area contributed by atoms with Crippen LogP contribution in [0.3, 0.4) is 0 Å². The van der Waals surface area contributed by atoms with Crippen LogP contribution < -0.4 is 10.2 Å². The summed E-state index contributed by atoms with van der Waals surface area (Å²) in [7, 11) is -18.3. The molecule has 0 aromatic heterocycles. The SMILES string of the molecule is CC1(C)C(/C=C/C=C(/C=C/C=C2/N(CCS(=O)(=O)O)c3ccc(S(=O)(=O)O)cc3C2(C)C)CCCOCC(=O)NCCCOCCOCCOCCCN2C(=O)C=CC2=O)=[N+](CCS(=O)(=O)O)c2ccc(S(=O)(=O)[O-])cc21. The van der Waals surface area contributed by atoms with Crippen LogP contribution in [0, 0.1) is 0 Å². The zero-order valence-corrected chi connectivity index (χ0v) is 46.4. The summed E-state index contributed by atoms with van der Waals surface area (Å²) in [5.41, 5.74) is 1.59. The summed E-state index contributed by atoms with van der Waals surface area (Å²) in [5, 5.41) is 2.77. The first-order valence-corrected chi connectivity index (χ1v) is 30.5. The first kappa shape index (κ1) is 62.5. The number of benzene rings is 2. The minimum absolute atomic E-state index is 0.159. The molecule has 4 N–H and O–H groups in total. The van der Waals surface area contributed by atoms with Gasteiger partial charge in [-0.25, -0.2) is 8.42 Å². The largest absolute Gasteiger partial charge is 0.744 e. The summed E-state index contributed by atoms with van der Waals surface area (Å²) in [6.07, 6.45) is 14.6. The predicted molar refractivity (Wildman–Crippen MR) is 282 cm³/mol. The van der Waals surface area contributed by atoms with Crippen LogP contribution in [0.1, 0.15) is 64.5 Å². The lowest BCUT2D eigenvalue weighted by atomic mass is 9.81. The topological polar surface area (TPSA) is 330 Å². The molecule has 3 aliphatic rings. The number of ether oxygens (including phenoxy) is 4. The van der Waals surface area contributed by atoms with Crippen molar-refractivity contribution in [3.63, 3.8) is 0 Å². The Bertz CT molecular complexity index is 3140. The second-order valence-electron chi connectivity index (χ2n) is 19.0. The quantitative estimate of drug-likeness (QED) is 0.0268. The maximum atomic E-state index is 12.6. The second-order valence-corrected chi connectivity index (χ2v) is 25.0. The van der Waals surface area contributed by atoms with Crippen LogP contribution in [0.15, 0.2) is 106 Å². The van der Waals surface area contributed by atoms with Crippen LogP contribution >= 0.6 is 0 Å². The molecule has 424 valence electrons. The van der Waals surface area contributed by atoms with Gasteiger partial charge >= 0.3 is 0 Å². The van der Waals surface area contributed by atoms with E-state index in [4.69, 9.17) is 18.9 Å². The molecule has 3 amide bonds. The van der Waals surface area contributed by atoms with Crippen molar-refractivity contribution >= 4 is 75.3 Å². The standard InChI is InChI=1S/C50H66N4O19S4/c1-49(2)40-34-38(76(64,65)66)15-17-42(40)52(23-32-74(58,59)60)44(49)13-5-10-37(11-6-14-45-50(3,4)41-35-39(77(67,68)69)16-18-43(41)53(45)24-33-75(61,62)63)12-7-25-73-36-46(55)51-21-8-26-70-28-30-72-31-29-71-27-9-22-54-47(56)19-20-48(54)57/h5-6,10-11,13-20,34-35H,7-9,12,21-33,36H2,1-4H3,(H4-,51,55,58,59,60,61,62,63,64,65,66,67,68,69). The molecule has 0 bridgehead atoms.